The molecule has 0 amide bonds. The van der Waals surface area contributed by atoms with Gasteiger partial charge in [0.25, 0.3) is 0 Å². The van der Waals surface area contributed by atoms with Crippen LogP contribution in [-0.4, -0.2) is 4.99 Å². The third-order valence-corrected chi connectivity index (χ3v) is 4.27. The van der Waals surface area contributed by atoms with Crippen molar-refractivity contribution < 1.29 is 0 Å². The Bertz CT molecular complexity index is 621. The monoisotopic (exact) mass is 398 g/mol. The van der Waals surface area contributed by atoms with Gasteiger partial charge >= 0.3 is 0 Å². The Hall–Kier alpha value is -0.910. The summed E-state index contributed by atoms with van der Waals surface area (Å²) in [4.78, 5) is 0.422. The van der Waals surface area contributed by atoms with E-state index >= 15 is 0 Å². The van der Waals surface area contributed by atoms with Crippen molar-refractivity contribution >= 4 is 60.4 Å². The first-order chi connectivity index (χ1) is 8.99. The van der Waals surface area contributed by atoms with Crippen LogP contribution in [-0.2, 0) is 0 Å². The number of benzene rings is 2. The van der Waals surface area contributed by atoms with Crippen molar-refractivity contribution in [2.24, 2.45) is 5.73 Å². The van der Waals surface area contributed by atoms with Crippen LogP contribution in [0.1, 0.15) is 11.1 Å². The molecule has 3 N–H and O–H groups in total. The molecule has 0 fully saturated rings. The number of hydrogen-bond acceptors (Lipinski definition) is 2. The quantitative estimate of drug-likeness (QED) is 0.721. The maximum absolute atomic E-state index is 5.66. The fourth-order valence-electron chi connectivity index (χ4n) is 1.78. The average molecular weight is 400 g/mol. The average Bonchev–Trinajstić information content (AvgIpc) is 2.33. The predicted octanol–water partition coefficient (Wildman–Crippen LogP) is 4.90. The molecule has 2 aromatic carbocycles. The van der Waals surface area contributed by atoms with Crippen LogP contribution in [0.2, 0.25) is 0 Å². The zero-order chi connectivity index (χ0) is 14.0. The van der Waals surface area contributed by atoms with E-state index in [-0.39, 0.29) is 0 Å². The van der Waals surface area contributed by atoms with Crippen LogP contribution in [0.5, 0.6) is 0 Å². The van der Waals surface area contributed by atoms with E-state index in [1.807, 2.05) is 43.3 Å². The highest BCUT2D eigenvalue weighted by molar-refractivity contribution is 9.11. The first kappa shape index (κ1) is 14.5. The van der Waals surface area contributed by atoms with Crippen LogP contribution in [0.25, 0.3) is 0 Å². The number of thiocarbonyl (C=S) groups is 1. The Morgan fingerprint density at radius 2 is 1.79 bits per heavy atom. The summed E-state index contributed by atoms with van der Waals surface area (Å²) >= 11 is 12.1. The van der Waals surface area contributed by atoms with E-state index < -0.39 is 0 Å². The van der Waals surface area contributed by atoms with Gasteiger partial charge in [-0.05, 0) is 74.7 Å². The molecule has 0 saturated heterocycles. The molecule has 0 aromatic heterocycles. The first-order valence-corrected chi connectivity index (χ1v) is 7.60. The summed E-state index contributed by atoms with van der Waals surface area (Å²) in [5.41, 5.74) is 9.61. The van der Waals surface area contributed by atoms with Gasteiger partial charge in [-0.1, -0.05) is 18.3 Å². The van der Waals surface area contributed by atoms with Crippen molar-refractivity contribution in [3.8, 4) is 0 Å². The minimum Gasteiger partial charge on any atom is -0.389 e. The maximum atomic E-state index is 5.66. The van der Waals surface area contributed by atoms with Crippen LogP contribution < -0.4 is 11.1 Å². The number of para-hydroxylation sites is 1. The van der Waals surface area contributed by atoms with Gasteiger partial charge < -0.3 is 11.1 Å². The zero-order valence-electron chi connectivity index (χ0n) is 10.2. The van der Waals surface area contributed by atoms with E-state index in [2.05, 4.69) is 37.2 Å². The maximum Gasteiger partial charge on any atom is 0.104 e. The van der Waals surface area contributed by atoms with E-state index in [9.17, 15) is 0 Å². The molecule has 0 radical (unpaired) electrons. The van der Waals surface area contributed by atoms with Gasteiger partial charge in [-0.3, -0.25) is 0 Å². The van der Waals surface area contributed by atoms with Crippen LogP contribution in [0.15, 0.2) is 45.3 Å². The number of hydrogen-bond donors (Lipinski definition) is 2. The molecule has 0 aliphatic rings. The highest BCUT2D eigenvalue weighted by Crippen LogP contribution is 2.33. The molecule has 0 heterocycles. The van der Waals surface area contributed by atoms with Gasteiger partial charge in [0.15, 0.2) is 0 Å². The summed E-state index contributed by atoms with van der Waals surface area (Å²) in [6, 6.07) is 11.9. The number of nitrogens with two attached hydrogens (primary N) is 1. The smallest absolute Gasteiger partial charge is 0.104 e. The van der Waals surface area contributed by atoms with Crippen LogP contribution in [0.3, 0.4) is 0 Å². The molecule has 19 heavy (non-hydrogen) atoms. The largest absolute Gasteiger partial charge is 0.389 e. The van der Waals surface area contributed by atoms with Gasteiger partial charge in [0, 0.05) is 20.2 Å². The third kappa shape index (κ3) is 3.35. The Morgan fingerprint density at radius 3 is 2.32 bits per heavy atom. The van der Waals surface area contributed by atoms with Crippen LogP contribution in [0.4, 0.5) is 11.4 Å². The Labute approximate surface area is 134 Å². The molecule has 0 aliphatic carbocycles. The summed E-state index contributed by atoms with van der Waals surface area (Å²) < 4.78 is 2.00. The van der Waals surface area contributed by atoms with Crippen molar-refractivity contribution in [3.63, 3.8) is 0 Å². The summed E-state index contributed by atoms with van der Waals surface area (Å²) in [7, 11) is 0. The topological polar surface area (TPSA) is 38.0 Å². The Balaban J connectivity index is 2.34. The molecule has 98 valence electrons. The molecule has 2 nitrogen and oxygen atoms in total. The molecular formula is C14H12Br2N2S. The van der Waals surface area contributed by atoms with E-state index in [0.29, 0.717) is 4.99 Å². The lowest BCUT2D eigenvalue weighted by molar-refractivity contribution is 1.41. The second-order valence-corrected chi connectivity index (χ2v) is 6.26. The predicted molar refractivity (Wildman–Crippen MR) is 92.2 cm³/mol. The molecule has 0 atom stereocenters. The summed E-state index contributed by atoms with van der Waals surface area (Å²) in [6.07, 6.45) is 0. The minimum atomic E-state index is 0.422. The second-order valence-electron chi connectivity index (χ2n) is 4.12. The highest BCUT2D eigenvalue weighted by atomic mass is 79.9. The number of aryl methyl sites for hydroxylation is 1. The van der Waals surface area contributed by atoms with Crippen molar-refractivity contribution in [3.05, 3.63) is 56.5 Å². The Kier molecular flexibility index (Phi) is 4.60. The molecule has 0 saturated carbocycles. The SMILES string of the molecule is Cc1cc(Nc2c(Br)cccc2Br)ccc1C(N)=S. The first-order valence-electron chi connectivity index (χ1n) is 5.60. The van der Waals surface area contributed by atoms with E-state index in [4.69, 9.17) is 18.0 Å². The summed E-state index contributed by atoms with van der Waals surface area (Å²) in [5, 5.41) is 3.37. The lowest BCUT2D eigenvalue weighted by Gasteiger charge is -2.12. The number of halogens is 2. The molecule has 0 aliphatic heterocycles. The van der Waals surface area contributed by atoms with Gasteiger partial charge in [-0.15, -0.1) is 0 Å². The second kappa shape index (κ2) is 6.03. The van der Waals surface area contributed by atoms with Crippen molar-refractivity contribution in [1.29, 1.82) is 0 Å². The molecule has 0 bridgehead atoms. The molecule has 2 rings (SSSR count). The summed E-state index contributed by atoms with van der Waals surface area (Å²) in [6.45, 7) is 1.99. The zero-order valence-corrected chi connectivity index (χ0v) is 14.2. The van der Waals surface area contributed by atoms with Gasteiger partial charge in [0.2, 0.25) is 0 Å². The van der Waals surface area contributed by atoms with E-state index in [1.165, 1.54) is 0 Å². The lowest BCUT2D eigenvalue weighted by atomic mass is 10.1. The fraction of sp³-hybridized carbons (Fsp3) is 0.0714. The molecule has 5 heteroatoms. The van der Waals surface area contributed by atoms with E-state index in [0.717, 1.165) is 31.4 Å². The lowest BCUT2D eigenvalue weighted by Crippen LogP contribution is -2.11. The van der Waals surface area contributed by atoms with Crippen molar-refractivity contribution in [2.45, 2.75) is 6.92 Å². The Morgan fingerprint density at radius 1 is 1.16 bits per heavy atom. The van der Waals surface area contributed by atoms with Gasteiger partial charge in [-0.25, -0.2) is 0 Å². The number of anilines is 2. The fourth-order valence-corrected chi connectivity index (χ4v) is 3.21. The molecule has 0 unspecified atom stereocenters. The normalized spacial score (nSPS) is 10.3. The van der Waals surface area contributed by atoms with E-state index in [1.54, 1.807) is 0 Å². The van der Waals surface area contributed by atoms with Crippen LogP contribution in [0, 0.1) is 6.92 Å². The van der Waals surface area contributed by atoms with Crippen LogP contribution >= 0.6 is 44.1 Å². The van der Waals surface area contributed by atoms with Gasteiger partial charge in [-0.2, -0.15) is 0 Å². The van der Waals surface area contributed by atoms with Crippen molar-refractivity contribution in [1.82, 2.24) is 0 Å². The van der Waals surface area contributed by atoms with Gasteiger partial charge in [0.1, 0.15) is 4.99 Å². The van der Waals surface area contributed by atoms with Crippen molar-refractivity contribution in [2.75, 3.05) is 5.32 Å². The van der Waals surface area contributed by atoms with Gasteiger partial charge in [0.05, 0.1) is 5.69 Å². The molecule has 2 aromatic rings. The number of rotatable bonds is 3. The highest BCUT2D eigenvalue weighted by Gasteiger charge is 2.07. The minimum absolute atomic E-state index is 0.422. The summed E-state index contributed by atoms with van der Waals surface area (Å²) in [5.74, 6) is 0. The molecule has 0 spiro atoms. The molecular weight excluding hydrogens is 388 g/mol. The third-order valence-electron chi connectivity index (χ3n) is 2.72. The standard InChI is InChI=1S/C14H12Br2N2S/c1-8-7-9(5-6-10(8)14(17)19)18-13-11(15)3-2-4-12(13)16/h2-7,18H,1H3,(H2,17,19). The number of nitrogens with one attached hydrogen (secondary N) is 1.